The first-order valence-electron chi connectivity index (χ1n) is 13.1. The van der Waals surface area contributed by atoms with E-state index in [1.165, 1.54) is 16.8 Å². The maximum absolute atomic E-state index is 13.9. The highest BCUT2D eigenvalue weighted by Crippen LogP contribution is 2.43. The van der Waals surface area contributed by atoms with Crippen molar-refractivity contribution < 1.29 is 9.18 Å². The first-order chi connectivity index (χ1) is 18.4. The normalized spacial score (nSPS) is 17.8. The van der Waals surface area contributed by atoms with Crippen LogP contribution in [-0.4, -0.2) is 48.9 Å². The van der Waals surface area contributed by atoms with Crippen molar-refractivity contribution in [2.45, 2.75) is 56.4 Å². The van der Waals surface area contributed by atoms with Crippen LogP contribution in [0.1, 0.15) is 61.4 Å². The smallest absolute Gasteiger partial charge is 0.281 e. The number of likely N-dealkylation sites (tertiary alicyclic amines) is 1. The van der Waals surface area contributed by atoms with Crippen molar-refractivity contribution in [2.24, 2.45) is 0 Å². The maximum atomic E-state index is 13.9. The molecule has 0 atom stereocenters. The number of halogens is 2. The topological polar surface area (TPSA) is 96.8 Å². The molecule has 1 N–H and O–H groups in total. The van der Waals surface area contributed by atoms with E-state index >= 15 is 0 Å². The molecule has 1 amide bonds. The molecule has 10 heteroatoms. The van der Waals surface area contributed by atoms with Crippen LogP contribution in [0.25, 0.3) is 11.2 Å². The van der Waals surface area contributed by atoms with Gasteiger partial charge < -0.3 is 9.88 Å². The summed E-state index contributed by atoms with van der Waals surface area (Å²) in [5, 5.41) is 8.75. The van der Waals surface area contributed by atoms with E-state index in [0.29, 0.717) is 48.0 Å². The van der Waals surface area contributed by atoms with E-state index in [2.05, 4.69) is 15.3 Å². The largest absolute Gasteiger partial charge is 0.342 e. The number of aromatic amines is 1. The summed E-state index contributed by atoms with van der Waals surface area (Å²) in [7, 11) is 0. The molecule has 6 rings (SSSR count). The Morgan fingerprint density at radius 2 is 1.84 bits per heavy atom. The third-order valence-corrected chi connectivity index (χ3v) is 8.30. The maximum Gasteiger partial charge on any atom is 0.281 e. The number of hydrogen-bond donors (Lipinski definition) is 1. The number of H-pyrrole nitrogens is 1. The lowest BCUT2D eigenvalue weighted by Gasteiger charge is -2.38. The quantitative estimate of drug-likeness (QED) is 0.404. The molecule has 2 aromatic heterocycles. The SMILES string of the molecule is O=C(N1CCC(c2nc3c(nnn3Cc3cccc(F)c3)c(=O)[nH]2)CC1)C1(c2ccc(Cl)cc2)CCCC1. The van der Waals surface area contributed by atoms with Gasteiger partial charge >= 0.3 is 0 Å². The van der Waals surface area contributed by atoms with E-state index in [9.17, 15) is 14.0 Å². The first kappa shape index (κ1) is 24.7. The average Bonchev–Trinajstić information content (AvgIpc) is 3.58. The molecular formula is C28H28ClFN6O2. The molecule has 1 aliphatic carbocycles. The molecule has 1 saturated carbocycles. The van der Waals surface area contributed by atoms with Gasteiger partial charge in [0.15, 0.2) is 11.2 Å². The summed E-state index contributed by atoms with van der Waals surface area (Å²) in [5.41, 5.74) is 1.44. The van der Waals surface area contributed by atoms with Crippen molar-refractivity contribution in [1.82, 2.24) is 29.9 Å². The summed E-state index contributed by atoms with van der Waals surface area (Å²) < 4.78 is 15.2. The van der Waals surface area contributed by atoms with Crippen molar-refractivity contribution in [2.75, 3.05) is 13.1 Å². The minimum absolute atomic E-state index is 0.00345. The van der Waals surface area contributed by atoms with E-state index < -0.39 is 5.41 Å². The highest BCUT2D eigenvalue weighted by atomic mass is 35.5. The van der Waals surface area contributed by atoms with Crippen LogP contribution < -0.4 is 5.56 Å². The minimum atomic E-state index is -0.488. The summed E-state index contributed by atoms with van der Waals surface area (Å²) in [6.07, 6.45) is 5.16. The first-order valence-corrected chi connectivity index (χ1v) is 13.4. The molecule has 2 aromatic carbocycles. The summed E-state index contributed by atoms with van der Waals surface area (Å²) >= 11 is 6.11. The van der Waals surface area contributed by atoms with Gasteiger partial charge in [0, 0.05) is 24.0 Å². The fourth-order valence-electron chi connectivity index (χ4n) is 6.02. The predicted molar refractivity (Wildman–Crippen MR) is 142 cm³/mol. The highest BCUT2D eigenvalue weighted by molar-refractivity contribution is 6.30. The lowest BCUT2D eigenvalue weighted by atomic mass is 9.77. The van der Waals surface area contributed by atoms with Gasteiger partial charge in [0.25, 0.3) is 5.56 Å². The lowest BCUT2D eigenvalue weighted by molar-refractivity contribution is -0.138. The number of carbonyl (C=O) groups is 1. The molecule has 2 aliphatic rings. The van der Waals surface area contributed by atoms with Crippen LogP contribution in [0.15, 0.2) is 53.3 Å². The Balaban J connectivity index is 1.21. The molecule has 1 aliphatic heterocycles. The number of nitrogens with one attached hydrogen (secondary N) is 1. The highest BCUT2D eigenvalue weighted by Gasteiger charge is 2.45. The second-order valence-electron chi connectivity index (χ2n) is 10.4. The molecule has 1 saturated heterocycles. The molecule has 2 fully saturated rings. The van der Waals surface area contributed by atoms with Gasteiger partial charge in [0.05, 0.1) is 12.0 Å². The van der Waals surface area contributed by atoms with Gasteiger partial charge in [-0.2, -0.15) is 0 Å². The zero-order chi connectivity index (χ0) is 26.3. The molecular weight excluding hydrogens is 507 g/mol. The van der Waals surface area contributed by atoms with Gasteiger partial charge in [0.2, 0.25) is 5.91 Å². The van der Waals surface area contributed by atoms with Crippen molar-refractivity contribution in [3.05, 3.63) is 86.7 Å². The Morgan fingerprint density at radius 1 is 1.11 bits per heavy atom. The molecule has 196 valence electrons. The number of fused-ring (bicyclic) bond motifs is 1. The molecule has 0 bridgehead atoms. The molecule has 0 spiro atoms. The lowest BCUT2D eigenvalue weighted by Crippen LogP contribution is -2.48. The third kappa shape index (κ3) is 4.49. The summed E-state index contributed by atoms with van der Waals surface area (Å²) in [6.45, 7) is 1.45. The Kier molecular flexibility index (Phi) is 6.47. The van der Waals surface area contributed by atoms with Gasteiger partial charge in [-0.05, 0) is 61.1 Å². The van der Waals surface area contributed by atoms with Gasteiger partial charge in [-0.15, -0.1) is 5.10 Å². The molecule has 0 unspecified atom stereocenters. The molecule has 8 nitrogen and oxygen atoms in total. The Labute approximate surface area is 223 Å². The molecule has 0 radical (unpaired) electrons. The Morgan fingerprint density at radius 3 is 2.55 bits per heavy atom. The number of aromatic nitrogens is 5. The Bertz CT molecular complexity index is 1540. The summed E-state index contributed by atoms with van der Waals surface area (Å²) in [4.78, 5) is 36.2. The standard InChI is InChI=1S/C28H28ClFN6O2/c29-21-8-6-20(7-9-21)28(12-1-2-13-28)27(38)35-14-10-19(11-15-35)24-31-25-23(26(37)32-24)33-34-36(25)17-18-4-3-5-22(30)16-18/h3-9,16,19H,1-2,10-15,17H2,(H,31,32,37). The van der Waals surface area contributed by atoms with E-state index in [1.807, 2.05) is 29.2 Å². The number of piperidine rings is 1. The van der Waals surface area contributed by atoms with Gasteiger partial charge in [-0.1, -0.05) is 53.9 Å². The van der Waals surface area contributed by atoms with Crippen molar-refractivity contribution >= 4 is 28.7 Å². The van der Waals surface area contributed by atoms with Crippen LogP contribution in [0.3, 0.4) is 0 Å². The van der Waals surface area contributed by atoms with Crippen molar-refractivity contribution in [3.63, 3.8) is 0 Å². The summed E-state index contributed by atoms with van der Waals surface area (Å²) in [5.74, 6) is 0.426. The zero-order valence-corrected chi connectivity index (χ0v) is 21.6. The average molecular weight is 535 g/mol. The van der Waals surface area contributed by atoms with Gasteiger partial charge in [0.1, 0.15) is 11.6 Å². The number of hydrogen-bond acceptors (Lipinski definition) is 5. The van der Waals surface area contributed by atoms with Crippen LogP contribution >= 0.6 is 11.6 Å². The van der Waals surface area contributed by atoms with E-state index in [0.717, 1.165) is 31.2 Å². The molecule has 4 aromatic rings. The minimum Gasteiger partial charge on any atom is -0.342 e. The van der Waals surface area contributed by atoms with Crippen LogP contribution in [0, 0.1) is 5.82 Å². The van der Waals surface area contributed by atoms with Crippen LogP contribution in [-0.2, 0) is 16.8 Å². The van der Waals surface area contributed by atoms with Crippen molar-refractivity contribution in [1.29, 1.82) is 0 Å². The fraction of sp³-hybridized carbons (Fsp3) is 0.393. The third-order valence-electron chi connectivity index (χ3n) is 8.05. The van der Waals surface area contributed by atoms with E-state index in [4.69, 9.17) is 16.6 Å². The van der Waals surface area contributed by atoms with Crippen LogP contribution in [0.4, 0.5) is 4.39 Å². The second kappa shape index (κ2) is 9.94. The Hall–Kier alpha value is -3.59. The van der Waals surface area contributed by atoms with Crippen molar-refractivity contribution in [3.8, 4) is 0 Å². The van der Waals surface area contributed by atoms with E-state index in [1.54, 1.807) is 12.1 Å². The van der Waals surface area contributed by atoms with Gasteiger partial charge in [-0.25, -0.2) is 14.1 Å². The fourth-order valence-corrected chi connectivity index (χ4v) is 6.15. The number of carbonyl (C=O) groups excluding carboxylic acids is 1. The molecule has 3 heterocycles. The summed E-state index contributed by atoms with van der Waals surface area (Å²) in [6, 6.07) is 13.9. The number of rotatable bonds is 5. The monoisotopic (exact) mass is 534 g/mol. The van der Waals surface area contributed by atoms with Gasteiger partial charge in [-0.3, -0.25) is 9.59 Å². The second-order valence-corrected chi connectivity index (χ2v) is 10.8. The molecule has 38 heavy (non-hydrogen) atoms. The number of amides is 1. The zero-order valence-electron chi connectivity index (χ0n) is 20.9. The van der Waals surface area contributed by atoms with Crippen LogP contribution in [0.5, 0.6) is 0 Å². The number of benzene rings is 2. The predicted octanol–water partition coefficient (Wildman–Crippen LogP) is 4.57. The van der Waals surface area contributed by atoms with Crippen LogP contribution in [0.2, 0.25) is 5.02 Å². The van der Waals surface area contributed by atoms with E-state index in [-0.39, 0.29) is 35.3 Å². The number of nitrogens with zero attached hydrogens (tertiary/aromatic N) is 5.